The summed E-state index contributed by atoms with van der Waals surface area (Å²) < 4.78 is 23.3. The van der Waals surface area contributed by atoms with Gasteiger partial charge in [-0.15, -0.1) is 5.10 Å². The van der Waals surface area contributed by atoms with Gasteiger partial charge in [-0.05, 0) is 0 Å². The Morgan fingerprint density at radius 3 is 2.56 bits per heavy atom. The van der Waals surface area contributed by atoms with Gasteiger partial charge in [0.15, 0.2) is 0 Å². The third-order valence-corrected chi connectivity index (χ3v) is 0.866. The standard InChI is InChI=1S/C4H5F2N3/c1-2-7-4(3(5)6)9-8-2/h3H,1H3,(H,7,8,9)/p+1. The Kier molecular flexibility index (Phi) is 1.42. The number of hydrogen-bond acceptors (Lipinski definition) is 1. The average Bonchev–Trinajstić information content (AvgIpc) is 2.14. The van der Waals surface area contributed by atoms with E-state index in [9.17, 15) is 8.78 Å². The predicted molar refractivity (Wildman–Crippen MR) is 24.8 cm³/mol. The number of aromatic nitrogens is 3. The van der Waals surface area contributed by atoms with Gasteiger partial charge in [-0.2, -0.15) is 8.78 Å². The van der Waals surface area contributed by atoms with Crippen LogP contribution in [0.1, 0.15) is 18.1 Å². The molecule has 1 rings (SSSR count). The summed E-state index contributed by atoms with van der Waals surface area (Å²) in [7, 11) is 0. The van der Waals surface area contributed by atoms with Crippen LogP contribution < -0.4 is 4.98 Å². The van der Waals surface area contributed by atoms with Crippen LogP contribution in [0.3, 0.4) is 0 Å². The molecule has 0 radical (unpaired) electrons. The number of nitrogens with one attached hydrogen (secondary N) is 2. The van der Waals surface area contributed by atoms with Gasteiger partial charge in [0.1, 0.15) is 0 Å². The van der Waals surface area contributed by atoms with Gasteiger partial charge in [-0.3, -0.25) is 0 Å². The highest BCUT2D eigenvalue weighted by Gasteiger charge is 2.18. The van der Waals surface area contributed by atoms with Crippen molar-refractivity contribution in [2.45, 2.75) is 13.3 Å². The molecule has 0 aliphatic carbocycles. The number of aryl methyl sites for hydroxylation is 1. The zero-order chi connectivity index (χ0) is 6.85. The Morgan fingerprint density at radius 1 is 1.67 bits per heavy atom. The van der Waals surface area contributed by atoms with Crippen molar-refractivity contribution in [3.63, 3.8) is 0 Å². The Balaban J connectivity index is 2.85. The fraction of sp³-hybridized carbons (Fsp3) is 0.500. The van der Waals surface area contributed by atoms with Crippen molar-refractivity contribution in [2.24, 2.45) is 0 Å². The fourth-order valence-electron chi connectivity index (χ4n) is 0.495. The number of nitrogens with zero attached hydrogens (tertiary/aromatic N) is 1. The van der Waals surface area contributed by atoms with Gasteiger partial charge in [0.2, 0.25) is 5.82 Å². The lowest BCUT2D eigenvalue weighted by molar-refractivity contribution is -0.410. The molecule has 0 bridgehead atoms. The number of halogens is 2. The summed E-state index contributed by atoms with van der Waals surface area (Å²) in [5, 5.41) is 5.65. The van der Waals surface area contributed by atoms with E-state index in [-0.39, 0.29) is 5.82 Å². The van der Waals surface area contributed by atoms with E-state index in [0.717, 1.165) is 0 Å². The van der Waals surface area contributed by atoms with E-state index in [1.165, 1.54) is 0 Å². The van der Waals surface area contributed by atoms with Crippen LogP contribution in [0.2, 0.25) is 0 Å². The molecule has 0 saturated heterocycles. The molecule has 1 heterocycles. The summed E-state index contributed by atoms with van der Waals surface area (Å²) in [5.74, 6) is 0.220. The maximum atomic E-state index is 11.7. The molecule has 0 saturated carbocycles. The second kappa shape index (κ2) is 2.08. The second-order valence-electron chi connectivity index (χ2n) is 1.66. The number of aromatic amines is 2. The van der Waals surface area contributed by atoms with Crippen molar-refractivity contribution in [3.05, 3.63) is 11.6 Å². The molecule has 50 valence electrons. The van der Waals surface area contributed by atoms with E-state index >= 15 is 0 Å². The van der Waals surface area contributed by atoms with Crippen LogP contribution in [0.15, 0.2) is 0 Å². The third-order valence-electron chi connectivity index (χ3n) is 0.866. The average molecular weight is 134 g/mol. The summed E-state index contributed by atoms with van der Waals surface area (Å²) in [5.41, 5.74) is 0. The normalized spacial score (nSPS) is 10.7. The maximum Gasteiger partial charge on any atom is 0.342 e. The molecule has 0 aliphatic heterocycles. The Bertz CT molecular complexity index is 195. The zero-order valence-corrected chi connectivity index (χ0v) is 4.78. The lowest BCUT2D eigenvalue weighted by Crippen LogP contribution is -2.09. The van der Waals surface area contributed by atoms with E-state index in [2.05, 4.69) is 15.2 Å². The minimum absolute atomic E-state index is 0.312. The Labute approximate surface area is 50.1 Å². The summed E-state index contributed by atoms with van der Waals surface area (Å²) in [6.45, 7) is 1.62. The SMILES string of the molecule is Cc1[nH]nc(C(F)F)[nH+]1. The topological polar surface area (TPSA) is 42.8 Å². The molecular weight excluding hydrogens is 128 g/mol. The molecule has 0 aliphatic rings. The van der Waals surface area contributed by atoms with Crippen molar-refractivity contribution in [1.29, 1.82) is 0 Å². The number of hydrogen-bond donors (Lipinski definition) is 1. The van der Waals surface area contributed by atoms with E-state index in [1.807, 2.05) is 0 Å². The summed E-state index contributed by atoms with van der Waals surface area (Å²) in [6, 6.07) is 0. The van der Waals surface area contributed by atoms with Gasteiger partial charge in [-0.1, -0.05) is 0 Å². The van der Waals surface area contributed by atoms with Gasteiger partial charge in [-0.25, -0.2) is 4.98 Å². The monoisotopic (exact) mass is 134 g/mol. The minimum Gasteiger partial charge on any atom is -0.241 e. The molecule has 0 amide bonds. The van der Waals surface area contributed by atoms with Crippen LogP contribution in [0, 0.1) is 6.92 Å². The first-order valence-corrected chi connectivity index (χ1v) is 2.42. The zero-order valence-electron chi connectivity index (χ0n) is 4.78. The summed E-state index contributed by atoms with van der Waals surface area (Å²) >= 11 is 0. The van der Waals surface area contributed by atoms with Crippen LogP contribution in [-0.4, -0.2) is 10.2 Å². The maximum absolute atomic E-state index is 11.7. The van der Waals surface area contributed by atoms with Crippen molar-refractivity contribution >= 4 is 0 Å². The van der Waals surface area contributed by atoms with Gasteiger partial charge < -0.3 is 0 Å². The molecule has 0 fully saturated rings. The van der Waals surface area contributed by atoms with Crippen molar-refractivity contribution in [1.82, 2.24) is 10.2 Å². The lowest BCUT2D eigenvalue weighted by Gasteiger charge is -1.79. The van der Waals surface area contributed by atoms with E-state index in [1.54, 1.807) is 6.92 Å². The molecule has 1 aromatic heterocycles. The smallest absolute Gasteiger partial charge is 0.241 e. The molecule has 0 spiro atoms. The first-order chi connectivity index (χ1) is 4.20. The van der Waals surface area contributed by atoms with Crippen molar-refractivity contribution in [3.8, 4) is 0 Å². The first kappa shape index (κ1) is 6.12. The van der Waals surface area contributed by atoms with Crippen LogP contribution in [-0.2, 0) is 0 Å². The lowest BCUT2D eigenvalue weighted by atomic mass is 10.6. The summed E-state index contributed by atoms with van der Waals surface area (Å²) in [4.78, 5) is 2.36. The molecule has 3 nitrogen and oxygen atoms in total. The Morgan fingerprint density at radius 2 is 2.33 bits per heavy atom. The molecule has 9 heavy (non-hydrogen) atoms. The van der Waals surface area contributed by atoms with Crippen LogP contribution in [0.4, 0.5) is 8.78 Å². The van der Waals surface area contributed by atoms with Crippen molar-refractivity contribution in [2.75, 3.05) is 0 Å². The fourth-order valence-corrected chi connectivity index (χ4v) is 0.495. The van der Waals surface area contributed by atoms with Crippen LogP contribution in [0.5, 0.6) is 0 Å². The van der Waals surface area contributed by atoms with E-state index < -0.39 is 6.43 Å². The molecule has 0 atom stereocenters. The van der Waals surface area contributed by atoms with E-state index in [0.29, 0.717) is 5.82 Å². The number of alkyl halides is 2. The molecular formula is C4H6F2N3+. The highest BCUT2D eigenvalue weighted by molar-refractivity contribution is 4.73. The molecule has 0 unspecified atom stereocenters. The van der Waals surface area contributed by atoms with Gasteiger partial charge in [0.25, 0.3) is 0 Å². The first-order valence-electron chi connectivity index (χ1n) is 2.42. The summed E-state index contributed by atoms with van der Waals surface area (Å²) in [6.07, 6.45) is -2.52. The minimum atomic E-state index is -2.52. The number of H-pyrrole nitrogens is 2. The largest absolute Gasteiger partial charge is 0.342 e. The van der Waals surface area contributed by atoms with Gasteiger partial charge >= 0.3 is 12.2 Å². The predicted octanol–water partition coefficient (Wildman–Crippen LogP) is 0.470. The van der Waals surface area contributed by atoms with Crippen molar-refractivity contribution < 1.29 is 13.8 Å². The van der Waals surface area contributed by atoms with Gasteiger partial charge in [0.05, 0.1) is 0 Å². The van der Waals surface area contributed by atoms with Crippen LogP contribution >= 0.6 is 0 Å². The molecule has 1 aromatic rings. The molecule has 2 N–H and O–H groups in total. The third kappa shape index (κ3) is 1.22. The molecule has 5 heteroatoms. The highest BCUT2D eigenvalue weighted by Crippen LogP contribution is 2.09. The highest BCUT2D eigenvalue weighted by atomic mass is 19.3. The van der Waals surface area contributed by atoms with Crippen LogP contribution in [0.25, 0.3) is 0 Å². The van der Waals surface area contributed by atoms with E-state index in [4.69, 9.17) is 0 Å². The van der Waals surface area contributed by atoms with Gasteiger partial charge in [0, 0.05) is 12.0 Å². The number of rotatable bonds is 1. The second-order valence-corrected chi connectivity index (χ2v) is 1.66. The quantitative estimate of drug-likeness (QED) is 0.596. The molecule has 0 aromatic carbocycles. The Hall–Kier alpha value is -1.00.